The van der Waals surface area contributed by atoms with E-state index >= 15 is 0 Å². The minimum Gasteiger partial charge on any atom is -0.339 e. The SMILES string of the molecule is CCCCCCCCCC(C)C1NC(=O)[C@H](C)N1. The van der Waals surface area contributed by atoms with Gasteiger partial charge in [-0.05, 0) is 19.3 Å². The molecule has 0 bridgehead atoms. The summed E-state index contributed by atoms with van der Waals surface area (Å²) in [4.78, 5) is 11.4. The molecule has 0 aliphatic carbocycles. The van der Waals surface area contributed by atoms with Crippen LogP contribution in [-0.2, 0) is 4.79 Å². The highest BCUT2D eigenvalue weighted by Crippen LogP contribution is 2.16. The van der Waals surface area contributed by atoms with Crippen molar-refractivity contribution in [3.63, 3.8) is 0 Å². The fourth-order valence-corrected chi connectivity index (χ4v) is 2.56. The van der Waals surface area contributed by atoms with Crippen LogP contribution in [0.5, 0.6) is 0 Å². The average molecular weight is 254 g/mol. The Morgan fingerprint density at radius 3 is 2.28 bits per heavy atom. The second-order valence-electron chi connectivity index (χ2n) is 5.76. The number of nitrogens with one attached hydrogen (secondary N) is 2. The van der Waals surface area contributed by atoms with Crippen LogP contribution in [0, 0.1) is 5.92 Å². The van der Waals surface area contributed by atoms with Gasteiger partial charge in [0.25, 0.3) is 0 Å². The highest BCUT2D eigenvalue weighted by atomic mass is 16.2. The van der Waals surface area contributed by atoms with Crippen LogP contribution in [0.4, 0.5) is 0 Å². The molecule has 1 rings (SSSR count). The number of hydrogen-bond acceptors (Lipinski definition) is 2. The summed E-state index contributed by atoms with van der Waals surface area (Å²) in [6.45, 7) is 6.41. The average Bonchev–Trinajstić information content (AvgIpc) is 2.68. The third-order valence-corrected chi connectivity index (χ3v) is 3.95. The van der Waals surface area contributed by atoms with Crippen LogP contribution < -0.4 is 10.6 Å². The van der Waals surface area contributed by atoms with E-state index in [1.807, 2.05) is 6.92 Å². The van der Waals surface area contributed by atoms with Crippen molar-refractivity contribution in [1.82, 2.24) is 10.6 Å². The third-order valence-electron chi connectivity index (χ3n) is 3.95. The Labute approximate surface area is 112 Å². The van der Waals surface area contributed by atoms with Crippen molar-refractivity contribution in [2.45, 2.75) is 84.3 Å². The summed E-state index contributed by atoms with van der Waals surface area (Å²) in [6.07, 6.45) is 10.9. The molecule has 106 valence electrons. The van der Waals surface area contributed by atoms with Crippen molar-refractivity contribution in [2.75, 3.05) is 0 Å². The zero-order valence-electron chi connectivity index (χ0n) is 12.3. The van der Waals surface area contributed by atoms with E-state index in [2.05, 4.69) is 24.5 Å². The van der Waals surface area contributed by atoms with Crippen molar-refractivity contribution in [1.29, 1.82) is 0 Å². The van der Waals surface area contributed by atoms with Gasteiger partial charge < -0.3 is 5.32 Å². The van der Waals surface area contributed by atoms with Gasteiger partial charge in [0.15, 0.2) is 0 Å². The first-order valence-electron chi connectivity index (χ1n) is 7.71. The van der Waals surface area contributed by atoms with Crippen LogP contribution >= 0.6 is 0 Å². The van der Waals surface area contributed by atoms with Crippen molar-refractivity contribution >= 4 is 5.91 Å². The predicted octanol–water partition coefficient (Wildman–Crippen LogP) is 3.20. The smallest absolute Gasteiger partial charge is 0.238 e. The van der Waals surface area contributed by atoms with Gasteiger partial charge in [-0.1, -0.05) is 58.8 Å². The fraction of sp³-hybridized carbons (Fsp3) is 0.933. The van der Waals surface area contributed by atoms with Gasteiger partial charge in [-0.15, -0.1) is 0 Å². The molecule has 0 aromatic rings. The Hall–Kier alpha value is -0.570. The zero-order chi connectivity index (χ0) is 13.4. The summed E-state index contributed by atoms with van der Waals surface area (Å²) in [5.41, 5.74) is 0. The molecule has 1 fully saturated rings. The summed E-state index contributed by atoms with van der Waals surface area (Å²) in [7, 11) is 0. The molecule has 1 heterocycles. The van der Waals surface area contributed by atoms with E-state index in [4.69, 9.17) is 0 Å². The van der Waals surface area contributed by atoms with Crippen LogP contribution in [0.2, 0.25) is 0 Å². The lowest BCUT2D eigenvalue weighted by Gasteiger charge is -2.19. The molecule has 0 spiro atoms. The quantitative estimate of drug-likeness (QED) is 0.620. The molecular weight excluding hydrogens is 224 g/mol. The first-order valence-corrected chi connectivity index (χ1v) is 7.71. The van der Waals surface area contributed by atoms with E-state index in [1.165, 1.54) is 51.4 Å². The largest absolute Gasteiger partial charge is 0.339 e. The van der Waals surface area contributed by atoms with Gasteiger partial charge in [0, 0.05) is 0 Å². The summed E-state index contributed by atoms with van der Waals surface area (Å²) < 4.78 is 0. The maximum absolute atomic E-state index is 11.4. The number of unbranched alkanes of at least 4 members (excludes halogenated alkanes) is 6. The third kappa shape index (κ3) is 5.38. The van der Waals surface area contributed by atoms with Crippen LogP contribution in [0.15, 0.2) is 0 Å². The van der Waals surface area contributed by atoms with Crippen LogP contribution in [-0.4, -0.2) is 18.1 Å². The van der Waals surface area contributed by atoms with Gasteiger partial charge in [0.2, 0.25) is 5.91 Å². The molecule has 1 saturated heterocycles. The highest BCUT2D eigenvalue weighted by Gasteiger charge is 2.30. The molecule has 2 N–H and O–H groups in total. The minimum absolute atomic E-state index is 0.0218. The lowest BCUT2D eigenvalue weighted by Crippen LogP contribution is -2.38. The highest BCUT2D eigenvalue weighted by molar-refractivity contribution is 5.83. The molecule has 0 aromatic carbocycles. The molecule has 3 heteroatoms. The van der Waals surface area contributed by atoms with Crippen molar-refractivity contribution in [2.24, 2.45) is 5.92 Å². The number of carbonyl (C=O) groups is 1. The Morgan fingerprint density at radius 1 is 1.11 bits per heavy atom. The number of rotatable bonds is 9. The zero-order valence-corrected chi connectivity index (χ0v) is 12.3. The summed E-state index contributed by atoms with van der Waals surface area (Å²) in [5.74, 6) is 0.681. The molecule has 1 amide bonds. The standard InChI is InChI=1S/C15H30N2O/c1-4-5-6-7-8-9-10-11-12(2)14-16-13(3)15(18)17-14/h12-14,16H,4-11H2,1-3H3,(H,17,18)/t12?,13-,14?/m0/s1. The molecule has 2 unspecified atom stereocenters. The molecule has 1 aliphatic rings. The van der Waals surface area contributed by atoms with Gasteiger partial charge >= 0.3 is 0 Å². The van der Waals surface area contributed by atoms with Crippen LogP contribution in [0.3, 0.4) is 0 Å². The van der Waals surface area contributed by atoms with E-state index in [1.54, 1.807) is 0 Å². The Morgan fingerprint density at radius 2 is 1.72 bits per heavy atom. The van der Waals surface area contributed by atoms with Gasteiger partial charge in [0.1, 0.15) is 0 Å². The molecule has 1 aliphatic heterocycles. The van der Waals surface area contributed by atoms with Gasteiger partial charge in [-0.2, -0.15) is 0 Å². The molecule has 0 saturated carbocycles. The maximum Gasteiger partial charge on any atom is 0.238 e. The summed E-state index contributed by atoms with van der Waals surface area (Å²) >= 11 is 0. The van der Waals surface area contributed by atoms with Gasteiger partial charge in [-0.25, -0.2) is 0 Å². The first-order chi connectivity index (χ1) is 8.65. The normalized spacial score (nSPS) is 25.2. The van der Waals surface area contributed by atoms with Crippen LogP contribution in [0.25, 0.3) is 0 Å². The monoisotopic (exact) mass is 254 g/mol. The first kappa shape index (κ1) is 15.5. The van der Waals surface area contributed by atoms with Crippen molar-refractivity contribution in [3.8, 4) is 0 Å². The lowest BCUT2D eigenvalue weighted by molar-refractivity contribution is -0.120. The maximum atomic E-state index is 11.4. The molecule has 0 radical (unpaired) electrons. The number of amides is 1. The predicted molar refractivity (Wildman–Crippen MR) is 76.3 cm³/mol. The van der Waals surface area contributed by atoms with Crippen molar-refractivity contribution < 1.29 is 4.79 Å². The molecule has 18 heavy (non-hydrogen) atoms. The van der Waals surface area contributed by atoms with Crippen LogP contribution in [0.1, 0.15) is 72.1 Å². The number of hydrogen-bond donors (Lipinski definition) is 2. The van der Waals surface area contributed by atoms with E-state index in [0.29, 0.717) is 5.92 Å². The fourth-order valence-electron chi connectivity index (χ4n) is 2.56. The summed E-state index contributed by atoms with van der Waals surface area (Å²) in [5, 5.41) is 6.33. The van der Waals surface area contributed by atoms with Gasteiger partial charge in [-0.3, -0.25) is 10.1 Å². The van der Waals surface area contributed by atoms with Crippen molar-refractivity contribution in [3.05, 3.63) is 0 Å². The second-order valence-corrected chi connectivity index (χ2v) is 5.76. The van der Waals surface area contributed by atoms with E-state index in [-0.39, 0.29) is 18.1 Å². The lowest BCUT2D eigenvalue weighted by atomic mass is 9.99. The number of carbonyl (C=O) groups excluding carboxylic acids is 1. The Kier molecular flexibility index (Phi) is 7.33. The van der Waals surface area contributed by atoms with E-state index < -0.39 is 0 Å². The molecular formula is C15H30N2O. The van der Waals surface area contributed by atoms with Gasteiger partial charge in [0.05, 0.1) is 12.2 Å². The van der Waals surface area contributed by atoms with E-state index in [0.717, 1.165) is 0 Å². The van der Waals surface area contributed by atoms with E-state index in [9.17, 15) is 4.79 Å². The molecule has 3 atom stereocenters. The Balaban J connectivity index is 2.00. The molecule has 0 aromatic heterocycles. The Bertz CT molecular complexity index is 243. The minimum atomic E-state index is -0.0218. The second kappa shape index (κ2) is 8.52. The topological polar surface area (TPSA) is 41.1 Å². The molecule has 3 nitrogen and oxygen atoms in total. The summed E-state index contributed by atoms with van der Waals surface area (Å²) in [6, 6.07) is -0.0218.